The van der Waals surface area contributed by atoms with E-state index in [1.807, 2.05) is 11.8 Å². The Morgan fingerprint density at radius 1 is 1.45 bits per heavy atom. The highest BCUT2D eigenvalue weighted by Gasteiger charge is 2.30. The van der Waals surface area contributed by atoms with E-state index in [2.05, 4.69) is 13.2 Å². The van der Waals surface area contributed by atoms with Gasteiger partial charge in [-0.25, -0.2) is 0 Å². The van der Waals surface area contributed by atoms with Gasteiger partial charge in [0, 0.05) is 0 Å². The maximum absolute atomic E-state index is 9.46. The normalized spacial score (nSPS) is 37.9. The molecule has 3 unspecified atom stereocenters. The Morgan fingerprint density at radius 2 is 2.18 bits per heavy atom. The molecule has 1 rings (SSSR count). The molecule has 0 saturated heterocycles. The van der Waals surface area contributed by atoms with Gasteiger partial charge < -0.3 is 5.11 Å². The molecule has 3 atom stereocenters. The summed E-state index contributed by atoms with van der Waals surface area (Å²) in [5, 5.41) is 9.46. The van der Waals surface area contributed by atoms with Gasteiger partial charge in [0.05, 0.1) is 6.10 Å². The summed E-state index contributed by atoms with van der Waals surface area (Å²) < 4.78 is 0. The molecule has 1 aliphatic rings. The van der Waals surface area contributed by atoms with E-state index < -0.39 is 0 Å². The lowest BCUT2D eigenvalue weighted by Crippen LogP contribution is -2.15. The molecule has 0 aromatic heterocycles. The van der Waals surface area contributed by atoms with Gasteiger partial charge >= 0.3 is 0 Å². The van der Waals surface area contributed by atoms with Crippen molar-refractivity contribution < 1.29 is 5.11 Å². The van der Waals surface area contributed by atoms with Crippen molar-refractivity contribution >= 4 is 11.8 Å². The fourth-order valence-corrected chi connectivity index (χ4v) is 2.44. The molecule has 0 bridgehead atoms. The molecule has 1 nitrogen and oxygen atoms in total. The zero-order chi connectivity index (χ0) is 8.27. The van der Waals surface area contributed by atoms with Crippen LogP contribution in [0.2, 0.25) is 0 Å². The second kappa shape index (κ2) is 4.36. The molecule has 0 aliphatic heterocycles. The van der Waals surface area contributed by atoms with Crippen molar-refractivity contribution in [1.82, 2.24) is 0 Å². The first-order valence-electron chi connectivity index (χ1n) is 4.42. The Hall–Kier alpha value is 0.310. The van der Waals surface area contributed by atoms with Crippen LogP contribution in [0.3, 0.4) is 0 Å². The van der Waals surface area contributed by atoms with E-state index in [0.29, 0.717) is 5.92 Å². The molecule has 0 radical (unpaired) electrons. The molecule has 0 aromatic carbocycles. The second-order valence-corrected chi connectivity index (χ2v) is 4.53. The summed E-state index contributed by atoms with van der Waals surface area (Å²) in [5.41, 5.74) is 0. The highest BCUT2D eigenvalue weighted by Crippen LogP contribution is 2.34. The molecule has 0 amide bonds. The van der Waals surface area contributed by atoms with Gasteiger partial charge in [-0.2, -0.15) is 11.8 Å². The standard InChI is InChI=1S/C9H18OS/c1-7-8(5-6-11-2)3-4-9(7)10/h7-10H,3-6H2,1-2H3. The van der Waals surface area contributed by atoms with Crippen molar-refractivity contribution in [1.29, 1.82) is 0 Å². The van der Waals surface area contributed by atoms with Crippen molar-refractivity contribution in [2.75, 3.05) is 12.0 Å². The number of aliphatic hydroxyl groups is 1. The zero-order valence-electron chi connectivity index (χ0n) is 7.42. The van der Waals surface area contributed by atoms with Crippen LogP contribution in [0.25, 0.3) is 0 Å². The largest absolute Gasteiger partial charge is 0.393 e. The van der Waals surface area contributed by atoms with Crippen LogP contribution in [-0.2, 0) is 0 Å². The minimum atomic E-state index is -0.0122. The summed E-state index contributed by atoms with van der Waals surface area (Å²) in [5.74, 6) is 2.58. The van der Waals surface area contributed by atoms with Crippen LogP contribution in [-0.4, -0.2) is 23.2 Å². The quantitative estimate of drug-likeness (QED) is 0.707. The van der Waals surface area contributed by atoms with Crippen molar-refractivity contribution in [3.05, 3.63) is 0 Å². The Morgan fingerprint density at radius 3 is 2.64 bits per heavy atom. The van der Waals surface area contributed by atoms with Crippen molar-refractivity contribution in [3.8, 4) is 0 Å². The number of hydrogen-bond acceptors (Lipinski definition) is 2. The van der Waals surface area contributed by atoms with Gasteiger partial charge in [-0.1, -0.05) is 6.92 Å². The molecular weight excluding hydrogens is 156 g/mol. The molecule has 0 spiro atoms. The summed E-state index contributed by atoms with van der Waals surface area (Å²) in [4.78, 5) is 0. The highest BCUT2D eigenvalue weighted by atomic mass is 32.2. The van der Waals surface area contributed by atoms with Crippen LogP contribution in [0.1, 0.15) is 26.2 Å². The first-order valence-corrected chi connectivity index (χ1v) is 5.82. The molecule has 2 heteroatoms. The molecule has 1 aliphatic carbocycles. The Balaban J connectivity index is 2.24. The van der Waals surface area contributed by atoms with Crippen LogP contribution < -0.4 is 0 Å². The van der Waals surface area contributed by atoms with Crippen LogP contribution in [0.15, 0.2) is 0 Å². The average molecular weight is 174 g/mol. The minimum absolute atomic E-state index is 0.0122. The highest BCUT2D eigenvalue weighted by molar-refractivity contribution is 7.98. The van der Waals surface area contributed by atoms with Crippen molar-refractivity contribution in [2.45, 2.75) is 32.3 Å². The van der Waals surface area contributed by atoms with Gasteiger partial charge in [-0.15, -0.1) is 0 Å². The summed E-state index contributed by atoms with van der Waals surface area (Å²) in [6.45, 7) is 2.18. The van der Waals surface area contributed by atoms with Crippen molar-refractivity contribution in [3.63, 3.8) is 0 Å². The van der Waals surface area contributed by atoms with E-state index in [0.717, 1.165) is 12.3 Å². The second-order valence-electron chi connectivity index (χ2n) is 3.55. The van der Waals surface area contributed by atoms with Gasteiger partial charge in [0.1, 0.15) is 0 Å². The summed E-state index contributed by atoms with van der Waals surface area (Å²) >= 11 is 1.91. The summed E-state index contributed by atoms with van der Waals surface area (Å²) in [6, 6.07) is 0. The maximum atomic E-state index is 9.46. The SMILES string of the molecule is CSCCC1CCC(O)C1C. The predicted molar refractivity (Wildman–Crippen MR) is 50.9 cm³/mol. The third kappa shape index (κ3) is 2.38. The van der Waals surface area contributed by atoms with E-state index in [1.165, 1.54) is 18.6 Å². The number of aliphatic hydroxyl groups excluding tert-OH is 1. The summed E-state index contributed by atoms with van der Waals surface area (Å²) in [6.07, 6.45) is 5.69. The van der Waals surface area contributed by atoms with Crippen LogP contribution in [0, 0.1) is 11.8 Å². The molecule has 1 saturated carbocycles. The molecule has 11 heavy (non-hydrogen) atoms. The number of rotatable bonds is 3. The van der Waals surface area contributed by atoms with Gasteiger partial charge in [-0.05, 0) is 43.1 Å². The van der Waals surface area contributed by atoms with Gasteiger partial charge in [0.15, 0.2) is 0 Å². The Bertz CT molecular complexity index is 116. The van der Waals surface area contributed by atoms with E-state index in [-0.39, 0.29) is 6.10 Å². The number of thioether (sulfide) groups is 1. The molecule has 1 N–H and O–H groups in total. The molecule has 0 heterocycles. The first kappa shape index (κ1) is 9.40. The summed E-state index contributed by atoms with van der Waals surface area (Å²) in [7, 11) is 0. The first-order chi connectivity index (χ1) is 5.25. The molecule has 1 fully saturated rings. The third-order valence-electron chi connectivity index (χ3n) is 2.88. The lowest BCUT2D eigenvalue weighted by atomic mass is 9.95. The Kier molecular flexibility index (Phi) is 3.73. The predicted octanol–water partition coefficient (Wildman–Crippen LogP) is 2.15. The number of hydrogen-bond donors (Lipinski definition) is 1. The fraction of sp³-hybridized carbons (Fsp3) is 1.00. The van der Waals surface area contributed by atoms with E-state index >= 15 is 0 Å². The van der Waals surface area contributed by atoms with Crippen molar-refractivity contribution in [2.24, 2.45) is 11.8 Å². The van der Waals surface area contributed by atoms with E-state index in [9.17, 15) is 5.11 Å². The third-order valence-corrected chi connectivity index (χ3v) is 3.52. The monoisotopic (exact) mass is 174 g/mol. The van der Waals surface area contributed by atoms with E-state index in [1.54, 1.807) is 0 Å². The van der Waals surface area contributed by atoms with Crippen LogP contribution in [0.4, 0.5) is 0 Å². The van der Waals surface area contributed by atoms with Crippen LogP contribution >= 0.6 is 11.8 Å². The average Bonchev–Trinajstić information content (AvgIpc) is 2.31. The van der Waals surface area contributed by atoms with Gasteiger partial charge in [0.25, 0.3) is 0 Å². The van der Waals surface area contributed by atoms with Gasteiger partial charge in [-0.3, -0.25) is 0 Å². The maximum Gasteiger partial charge on any atom is 0.0568 e. The lowest BCUT2D eigenvalue weighted by Gasteiger charge is -2.16. The fourth-order valence-electron chi connectivity index (χ4n) is 1.90. The smallest absolute Gasteiger partial charge is 0.0568 e. The molecular formula is C9H18OS. The van der Waals surface area contributed by atoms with E-state index in [4.69, 9.17) is 0 Å². The van der Waals surface area contributed by atoms with Crippen LogP contribution in [0.5, 0.6) is 0 Å². The minimum Gasteiger partial charge on any atom is -0.393 e. The Labute approximate surface area is 73.6 Å². The van der Waals surface area contributed by atoms with Gasteiger partial charge in [0.2, 0.25) is 0 Å². The lowest BCUT2D eigenvalue weighted by molar-refractivity contribution is 0.127. The zero-order valence-corrected chi connectivity index (χ0v) is 8.23. The molecule has 0 aromatic rings. The topological polar surface area (TPSA) is 20.2 Å². The molecule has 66 valence electrons.